The zero-order chi connectivity index (χ0) is 15.6. The van der Waals surface area contributed by atoms with E-state index in [1.165, 1.54) is 22.9 Å². The van der Waals surface area contributed by atoms with Crippen LogP contribution in [0.3, 0.4) is 0 Å². The van der Waals surface area contributed by atoms with Gasteiger partial charge < -0.3 is 9.88 Å². The number of hydrogen-bond acceptors (Lipinski definition) is 2. The fourth-order valence-corrected chi connectivity index (χ4v) is 1.73. The Morgan fingerprint density at radius 3 is 2.52 bits per heavy atom. The Balaban J connectivity index is 2.13. The second-order valence-corrected chi connectivity index (χ2v) is 4.39. The molecule has 1 heterocycles. The molecule has 0 saturated heterocycles. The Morgan fingerprint density at radius 1 is 1.14 bits per heavy atom. The highest BCUT2D eigenvalue weighted by Crippen LogP contribution is 2.15. The average Bonchev–Trinajstić information content (AvgIpc) is 2.46. The predicted molar refractivity (Wildman–Crippen MR) is 69.2 cm³/mol. The van der Waals surface area contributed by atoms with Gasteiger partial charge in [0.1, 0.15) is 0 Å². The van der Waals surface area contributed by atoms with Crippen molar-refractivity contribution in [2.24, 2.45) is 7.05 Å². The van der Waals surface area contributed by atoms with Crippen LogP contribution in [0.5, 0.6) is 0 Å². The third-order valence-corrected chi connectivity index (χ3v) is 2.88. The van der Waals surface area contributed by atoms with Crippen molar-refractivity contribution in [3.8, 4) is 0 Å². The maximum absolute atomic E-state index is 13.4. The lowest BCUT2D eigenvalue weighted by molar-refractivity contribution is 0.0945. The first-order chi connectivity index (χ1) is 9.90. The largest absolute Gasteiger partial charge is 0.348 e. The van der Waals surface area contributed by atoms with Crippen molar-refractivity contribution in [3.63, 3.8) is 0 Å². The molecule has 21 heavy (non-hydrogen) atoms. The van der Waals surface area contributed by atoms with Crippen LogP contribution in [-0.4, -0.2) is 10.5 Å². The number of nitrogens with one attached hydrogen (secondary N) is 1. The van der Waals surface area contributed by atoms with E-state index in [-0.39, 0.29) is 12.1 Å². The molecule has 0 atom stereocenters. The molecule has 0 aliphatic heterocycles. The number of carbonyl (C=O) groups is 1. The molecule has 1 amide bonds. The van der Waals surface area contributed by atoms with Gasteiger partial charge in [-0.25, -0.2) is 13.2 Å². The number of hydrogen-bond donors (Lipinski definition) is 1. The number of rotatable bonds is 3. The molecule has 1 aromatic heterocycles. The van der Waals surface area contributed by atoms with E-state index in [4.69, 9.17) is 0 Å². The molecular weight excluding hydrogens is 285 g/mol. The zero-order valence-corrected chi connectivity index (χ0v) is 11.0. The number of amides is 1. The molecule has 0 saturated carbocycles. The molecule has 1 N–H and O–H groups in total. The van der Waals surface area contributed by atoms with Crippen LogP contribution >= 0.6 is 0 Å². The van der Waals surface area contributed by atoms with Crippen molar-refractivity contribution in [2.45, 2.75) is 6.54 Å². The minimum absolute atomic E-state index is 0.0192. The average molecular weight is 296 g/mol. The Labute approximate surface area is 117 Å². The number of aryl methyl sites for hydroxylation is 1. The molecule has 0 fully saturated rings. The molecule has 0 bridgehead atoms. The Bertz CT molecular complexity index is 756. The molecule has 7 heteroatoms. The first-order valence-corrected chi connectivity index (χ1v) is 5.97. The van der Waals surface area contributed by atoms with Gasteiger partial charge in [-0.1, -0.05) is 6.07 Å². The van der Waals surface area contributed by atoms with Crippen LogP contribution in [0.15, 0.2) is 35.3 Å². The summed E-state index contributed by atoms with van der Waals surface area (Å²) in [6, 6.07) is 4.37. The summed E-state index contributed by atoms with van der Waals surface area (Å²) >= 11 is 0. The van der Waals surface area contributed by atoms with E-state index in [1.54, 1.807) is 7.05 Å². The molecule has 4 nitrogen and oxygen atoms in total. The van der Waals surface area contributed by atoms with Crippen LogP contribution in [0.4, 0.5) is 13.2 Å². The Morgan fingerprint density at radius 2 is 1.86 bits per heavy atom. The van der Waals surface area contributed by atoms with Crippen LogP contribution in [0.2, 0.25) is 0 Å². The number of benzene rings is 1. The van der Waals surface area contributed by atoms with E-state index in [0.29, 0.717) is 11.6 Å². The molecule has 0 radical (unpaired) electrons. The minimum atomic E-state index is -1.69. The van der Waals surface area contributed by atoms with Gasteiger partial charge in [-0.3, -0.25) is 9.59 Å². The summed E-state index contributed by atoms with van der Waals surface area (Å²) in [5.74, 6) is -5.46. The lowest BCUT2D eigenvalue weighted by Gasteiger charge is -2.08. The third kappa shape index (κ3) is 3.13. The lowest BCUT2D eigenvalue weighted by Crippen LogP contribution is -2.25. The quantitative estimate of drug-likeness (QED) is 0.877. The van der Waals surface area contributed by atoms with Crippen LogP contribution in [0, 0.1) is 17.5 Å². The SMILES string of the molecule is Cn1cc(CNC(=O)c2ccc(F)c(F)c2F)ccc1=O. The normalized spacial score (nSPS) is 10.5. The van der Waals surface area contributed by atoms with Gasteiger partial charge in [0.2, 0.25) is 5.56 Å². The van der Waals surface area contributed by atoms with Crippen molar-refractivity contribution in [2.75, 3.05) is 0 Å². The third-order valence-electron chi connectivity index (χ3n) is 2.88. The molecule has 0 aliphatic rings. The summed E-state index contributed by atoms with van der Waals surface area (Å²) in [5.41, 5.74) is -0.191. The second kappa shape index (κ2) is 5.82. The summed E-state index contributed by atoms with van der Waals surface area (Å²) in [6.45, 7) is 0.0192. The summed E-state index contributed by atoms with van der Waals surface area (Å²) in [7, 11) is 1.54. The topological polar surface area (TPSA) is 51.1 Å². The molecule has 0 spiro atoms. The van der Waals surface area contributed by atoms with Crippen molar-refractivity contribution in [3.05, 3.63) is 69.4 Å². The molecule has 0 aliphatic carbocycles. The summed E-state index contributed by atoms with van der Waals surface area (Å²) in [6.07, 6.45) is 1.50. The Hall–Kier alpha value is -2.57. The van der Waals surface area contributed by atoms with Crippen LogP contribution in [0.25, 0.3) is 0 Å². The van der Waals surface area contributed by atoms with E-state index in [2.05, 4.69) is 5.32 Å². The molecule has 0 unspecified atom stereocenters. The fourth-order valence-electron chi connectivity index (χ4n) is 1.73. The van der Waals surface area contributed by atoms with Gasteiger partial charge in [0.15, 0.2) is 17.5 Å². The summed E-state index contributed by atoms with van der Waals surface area (Å²) in [4.78, 5) is 22.9. The minimum Gasteiger partial charge on any atom is -0.348 e. The van der Waals surface area contributed by atoms with Crippen molar-refractivity contribution >= 4 is 5.91 Å². The number of carbonyl (C=O) groups excluding carboxylic acids is 1. The van der Waals surface area contributed by atoms with Gasteiger partial charge in [0.05, 0.1) is 5.56 Å². The van der Waals surface area contributed by atoms with E-state index in [9.17, 15) is 22.8 Å². The molecule has 1 aromatic carbocycles. The monoisotopic (exact) mass is 296 g/mol. The first kappa shape index (κ1) is 14.8. The predicted octanol–water partition coefficient (Wildman–Crippen LogP) is 1.73. The maximum Gasteiger partial charge on any atom is 0.254 e. The highest BCUT2D eigenvalue weighted by Gasteiger charge is 2.18. The van der Waals surface area contributed by atoms with Crippen LogP contribution in [0.1, 0.15) is 15.9 Å². The standard InChI is InChI=1S/C14H11F3N2O2/c1-19-7-8(2-5-11(19)20)6-18-14(21)9-3-4-10(15)13(17)12(9)16/h2-5,7H,6H2,1H3,(H,18,21). The van der Waals surface area contributed by atoms with Gasteiger partial charge in [-0.2, -0.15) is 0 Å². The van der Waals surface area contributed by atoms with Crippen molar-refractivity contribution in [1.29, 1.82) is 0 Å². The van der Waals surface area contributed by atoms with E-state index in [1.807, 2.05) is 0 Å². The molecule has 110 valence electrons. The highest BCUT2D eigenvalue weighted by molar-refractivity contribution is 5.94. The highest BCUT2D eigenvalue weighted by atomic mass is 19.2. The van der Waals surface area contributed by atoms with Crippen LogP contribution in [-0.2, 0) is 13.6 Å². The number of aromatic nitrogens is 1. The summed E-state index contributed by atoms with van der Waals surface area (Å²) in [5, 5.41) is 2.37. The summed E-state index contributed by atoms with van der Waals surface area (Å²) < 4.78 is 40.6. The van der Waals surface area contributed by atoms with Gasteiger partial charge in [0.25, 0.3) is 5.91 Å². The Kier molecular flexibility index (Phi) is 4.11. The molecule has 2 rings (SSSR count). The van der Waals surface area contributed by atoms with Gasteiger partial charge >= 0.3 is 0 Å². The van der Waals surface area contributed by atoms with Gasteiger partial charge in [-0.15, -0.1) is 0 Å². The van der Waals surface area contributed by atoms with Crippen molar-refractivity contribution < 1.29 is 18.0 Å². The molecular formula is C14H11F3N2O2. The van der Waals surface area contributed by atoms with Gasteiger partial charge in [-0.05, 0) is 17.7 Å². The fraction of sp³-hybridized carbons (Fsp3) is 0.143. The smallest absolute Gasteiger partial charge is 0.254 e. The first-order valence-electron chi connectivity index (χ1n) is 5.97. The second-order valence-electron chi connectivity index (χ2n) is 4.39. The van der Waals surface area contributed by atoms with Crippen LogP contribution < -0.4 is 10.9 Å². The molecule has 2 aromatic rings. The van der Waals surface area contributed by atoms with Crippen molar-refractivity contribution in [1.82, 2.24) is 9.88 Å². The number of halogens is 3. The zero-order valence-electron chi connectivity index (χ0n) is 11.0. The number of pyridine rings is 1. The van der Waals surface area contributed by atoms with E-state index in [0.717, 1.165) is 6.07 Å². The number of nitrogens with zero attached hydrogens (tertiary/aromatic N) is 1. The lowest BCUT2D eigenvalue weighted by atomic mass is 10.1. The maximum atomic E-state index is 13.4. The van der Waals surface area contributed by atoms with E-state index < -0.39 is 28.9 Å². The van der Waals surface area contributed by atoms with E-state index >= 15 is 0 Å². The van der Waals surface area contributed by atoms with Gasteiger partial charge in [0, 0.05) is 25.9 Å².